The maximum atomic E-state index is 13.6. The topological polar surface area (TPSA) is 197 Å². The number of ether oxygens (including phenoxy) is 4. The molecule has 3 aliphatic rings. The Labute approximate surface area is 267 Å². The Hall–Kier alpha value is -2.27. The molecule has 0 aromatic carbocycles. The van der Waals surface area contributed by atoms with Gasteiger partial charge in [0.05, 0.1) is 38.0 Å². The van der Waals surface area contributed by atoms with Crippen LogP contribution in [0.5, 0.6) is 0 Å². The highest BCUT2D eigenvalue weighted by Crippen LogP contribution is 2.60. The first-order valence-corrected chi connectivity index (χ1v) is 17.5. The SMILES string of the molecule is CCOP(=O)(OCC)C(C)(CO)OC[C@H]1O[C@@H](n2ncc3c(N(C(=O)O)C4CCCC4)nc(CCCO)nc32)[C@@H]2OC(C)(C)O[C@@H]21. The van der Waals surface area contributed by atoms with Crippen molar-refractivity contribution in [3.63, 3.8) is 0 Å². The van der Waals surface area contributed by atoms with Crippen LogP contribution in [-0.2, 0) is 39.0 Å². The van der Waals surface area contributed by atoms with Gasteiger partial charge in [0.1, 0.15) is 24.1 Å². The van der Waals surface area contributed by atoms with Gasteiger partial charge in [-0.2, -0.15) is 5.10 Å². The lowest BCUT2D eigenvalue weighted by Crippen LogP contribution is -2.40. The first kappa shape index (κ1) is 35.0. The summed E-state index contributed by atoms with van der Waals surface area (Å²) in [6.45, 7) is 7.66. The standard InChI is InChI=1S/C29H46N5O11P/c1-6-41-46(39,42-7-2)29(5,17-36)40-16-20-22-23(45-28(3,4)44-22)26(43-20)34-25-19(15-30-34)24(31-21(32-25)13-10-14-35)33(27(37)38)18-11-8-9-12-18/h15,18,20,22-23,26,35-36H,6-14,16-17H2,1-5H3,(H,37,38)/t20-,22-,23-,26-,29?/m1/s1. The number of aromatic nitrogens is 4. The van der Waals surface area contributed by atoms with Gasteiger partial charge in [-0.1, -0.05) is 12.8 Å². The molecule has 5 rings (SSSR count). The summed E-state index contributed by atoms with van der Waals surface area (Å²) in [6.07, 6.45) is 1.46. The van der Waals surface area contributed by atoms with E-state index in [0.717, 1.165) is 25.7 Å². The maximum Gasteiger partial charge on any atom is 0.413 e. The van der Waals surface area contributed by atoms with Crippen LogP contribution in [0.15, 0.2) is 6.20 Å². The van der Waals surface area contributed by atoms with Crippen molar-refractivity contribution < 1.29 is 52.7 Å². The predicted molar refractivity (Wildman–Crippen MR) is 164 cm³/mol. The van der Waals surface area contributed by atoms with Crippen molar-refractivity contribution >= 4 is 30.5 Å². The number of aliphatic hydroxyl groups is 2. The quantitative estimate of drug-likeness (QED) is 0.232. The normalized spacial score (nSPS) is 26.1. The molecule has 16 nitrogen and oxygen atoms in total. The summed E-state index contributed by atoms with van der Waals surface area (Å²) < 4.78 is 51.2. The number of rotatable bonds is 15. The molecule has 1 amide bonds. The molecule has 1 saturated carbocycles. The minimum Gasteiger partial charge on any atom is -0.465 e. The summed E-state index contributed by atoms with van der Waals surface area (Å²) in [4.78, 5) is 23.3. The van der Waals surface area contributed by atoms with Gasteiger partial charge in [0.15, 0.2) is 28.8 Å². The fourth-order valence-electron chi connectivity index (χ4n) is 6.37. The lowest BCUT2D eigenvalue weighted by atomic mass is 10.1. The molecule has 46 heavy (non-hydrogen) atoms. The number of nitrogens with zero attached hydrogens (tertiary/aromatic N) is 5. The van der Waals surface area contributed by atoms with Crippen molar-refractivity contribution in [3.8, 4) is 0 Å². The van der Waals surface area contributed by atoms with Crippen molar-refractivity contribution in [1.82, 2.24) is 19.7 Å². The number of aryl methyl sites for hydroxylation is 1. The van der Waals surface area contributed by atoms with Crippen LogP contribution in [0.3, 0.4) is 0 Å². The Balaban J connectivity index is 1.51. The highest BCUT2D eigenvalue weighted by molar-refractivity contribution is 7.55. The highest BCUT2D eigenvalue weighted by Gasteiger charge is 2.58. The van der Waals surface area contributed by atoms with Crippen LogP contribution in [-0.4, -0.2) is 110 Å². The third kappa shape index (κ3) is 6.69. The molecule has 3 N–H and O–H groups in total. The van der Waals surface area contributed by atoms with E-state index < -0.39 is 56.0 Å². The summed E-state index contributed by atoms with van der Waals surface area (Å²) in [7, 11) is -3.90. The lowest BCUT2D eigenvalue weighted by molar-refractivity contribution is -0.206. The second-order valence-electron chi connectivity index (χ2n) is 12.3. The minimum atomic E-state index is -3.90. The molecule has 3 fully saturated rings. The first-order chi connectivity index (χ1) is 21.9. The summed E-state index contributed by atoms with van der Waals surface area (Å²) in [5, 5.41) is 33.4. The molecule has 17 heteroatoms. The largest absolute Gasteiger partial charge is 0.465 e. The van der Waals surface area contributed by atoms with Crippen LogP contribution in [0.4, 0.5) is 10.6 Å². The molecule has 4 heterocycles. The second kappa shape index (κ2) is 14.1. The van der Waals surface area contributed by atoms with Gasteiger partial charge in [0.25, 0.3) is 0 Å². The van der Waals surface area contributed by atoms with Gasteiger partial charge in [-0.3, -0.25) is 9.46 Å². The third-order valence-electron chi connectivity index (χ3n) is 8.56. The maximum absolute atomic E-state index is 13.6. The number of carbonyl (C=O) groups is 1. The molecule has 0 radical (unpaired) electrons. The molecular weight excluding hydrogens is 625 g/mol. The van der Waals surface area contributed by atoms with Crippen molar-refractivity contribution in [3.05, 3.63) is 12.0 Å². The van der Waals surface area contributed by atoms with Crippen molar-refractivity contribution in [2.75, 3.05) is 37.9 Å². The Bertz CT molecular complexity index is 1410. The van der Waals surface area contributed by atoms with Gasteiger partial charge >= 0.3 is 13.7 Å². The number of carboxylic acid groups (broad SMARTS) is 1. The van der Waals surface area contributed by atoms with E-state index in [1.807, 2.05) is 0 Å². The van der Waals surface area contributed by atoms with E-state index in [-0.39, 0.29) is 38.3 Å². The van der Waals surface area contributed by atoms with E-state index in [4.69, 9.17) is 33.0 Å². The molecular formula is C29H46N5O11P. The number of anilines is 1. The Morgan fingerprint density at radius 2 is 1.83 bits per heavy atom. The van der Waals surface area contributed by atoms with E-state index in [9.17, 15) is 24.7 Å². The second-order valence-corrected chi connectivity index (χ2v) is 14.8. The molecule has 5 atom stereocenters. The van der Waals surface area contributed by atoms with Crippen LogP contribution in [0, 0.1) is 0 Å². The zero-order valence-corrected chi connectivity index (χ0v) is 27.9. The van der Waals surface area contributed by atoms with Crippen molar-refractivity contribution in [2.24, 2.45) is 0 Å². The number of aliphatic hydroxyl groups excluding tert-OH is 2. The Kier molecular flexibility index (Phi) is 10.7. The monoisotopic (exact) mass is 671 g/mol. The summed E-state index contributed by atoms with van der Waals surface area (Å²) >= 11 is 0. The van der Waals surface area contributed by atoms with Crippen molar-refractivity contribution in [1.29, 1.82) is 0 Å². The smallest absolute Gasteiger partial charge is 0.413 e. The van der Waals surface area contributed by atoms with Crippen LogP contribution in [0.1, 0.15) is 78.8 Å². The molecule has 2 aliphatic heterocycles. The molecule has 1 unspecified atom stereocenters. The van der Waals surface area contributed by atoms with Crippen LogP contribution >= 0.6 is 7.60 Å². The van der Waals surface area contributed by atoms with E-state index in [1.165, 1.54) is 22.7 Å². The van der Waals surface area contributed by atoms with E-state index in [1.54, 1.807) is 27.7 Å². The Morgan fingerprint density at radius 3 is 2.43 bits per heavy atom. The highest BCUT2D eigenvalue weighted by atomic mass is 31.2. The molecule has 2 saturated heterocycles. The first-order valence-electron chi connectivity index (χ1n) is 15.9. The molecule has 0 spiro atoms. The number of amides is 1. The molecule has 1 aliphatic carbocycles. The third-order valence-corrected chi connectivity index (χ3v) is 11.2. The van der Waals surface area contributed by atoms with Crippen LogP contribution in [0.25, 0.3) is 11.0 Å². The van der Waals surface area contributed by atoms with Gasteiger partial charge in [-0.25, -0.2) is 19.4 Å². The van der Waals surface area contributed by atoms with Crippen molar-refractivity contribution in [2.45, 2.75) is 115 Å². The van der Waals surface area contributed by atoms with Crippen LogP contribution < -0.4 is 4.90 Å². The number of hydrogen-bond donors (Lipinski definition) is 3. The average molecular weight is 672 g/mol. The average Bonchev–Trinajstić information content (AvgIpc) is 3.79. The zero-order chi connectivity index (χ0) is 33.3. The molecule has 0 bridgehead atoms. The van der Waals surface area contributed by atoms with E-state index in [2.05, 4.69) is 10.1 Å². The number of fused-ring (bicyclic) bond motifs is 2. The van der Waals surface area contributed by atoms with Gasteiger partial charge in [-0.05, 0) is 53.9 Å². The fourth-order valence-corrected chi connectivity index (χ4v) is 8.08. The van der Waals surface area contributed by atoms with E-state index in [0.29, 0.717) is 29.7 Å². The molecule has 258 valence electrons. The summed E-state index contributed by atoms with van der Waals surface area (Å²) in [5.74, 6) is -0.384. The van der Waals surface area contributed by atoms with Gasteiger partial charge < -0.3 is 43.3 Å². The number of hydrogen-bond acceptors (Lipinski definition) is 13. The predicted octanol–water partition coefficient (Wildman–Crippen LogP) is 3.59. The summed E-state index contributed by atoms with van der Waals surface area (Å²) in [6, 6.07) is -0.226. The van der Waals surface area contributed by atoms with Gasteiger partial charge in [0.2, 0.25) is 0 Å². The molecule has 2 aromatic heterocycles. The minimum absolute atomic E-state index is 0.0784. The fraction of sp³-hybridized carbons (Fsp3) is 0.793. The lowest BCUT2D eigenvalue weighted by Gasteiger charge is -2.35. The van der Waals surface area contributed by atoms with Gasteiger partial charge in [-0.15, -0.1) is 0 Å². The zero-order valence-electron chi connectivity index (χ0n) is 27.0. The van der Waals surface area contributed by atoms with Crippen LogP contribution in [0.2, 0.25) is 0 Å². The Morgan fingerprint density at radius 1 is 1.15 bits per heavy atom. The summed E-state index contributed by atoms with van der Waals surface area (Å²) in [5.41, 5.74) is 0.346. The van der Waals surface area contributed by atoms with E-state index >= 15 is 0 Å². The molecule has 2 aromatic rings. The van der Waals surface area contributed by atoms with Gasteiger partial charge in [0, 0.05) is 19.1 Å².